The van der Waals surface area contributed by atoms with Crippen LogP contribution in [-0.2, 0) is 13.6 Å². The third-order valence-corrected chi connectivity index (χ3v) is 3.45. The minimum atomic E-state index is -0.477. The van der Waals surface area contributed by atoms with E-state index < -0.39 is 4.92 Å². The molecule has 0 N–H and O–H groups in total. The van der Waals surface area contributed by atoms with Gasteiger partial charge < -0.3 is 24.5 Å². The minimum Gasteiger partial charge on any atom is -0.486 e. The van der Waals surface area contributed by atoms with Gasteiger partial charge in [-0.3, -0.25) is 4.57 Å². The topological polar surface area (TPSA) is 82.7 Å². The summed E-state index contributed by atoms with van der Waals surface area (Å²) in [4.78, 5) is 16.2. The highest BCUT2D eigenvalue weighted by Crippen LogP contribution is 2.32. The molecule has 0 aliphatic carbocycles. The number of aryl methyl sites for hydroxylation is 1. The molecule has 1 aliphatic heterocycles. The Bertz CT molecular complexity index is 713. The number of ether oxygens (including phenoxy) is 2. The summed E-state index contributed by atoms with van der Waals surface area (Å²) >= 11 is 0. The molecule has 8 nitrogen and oxygen atoms in total. The van der Waals surface area contributed by atoms with Crippen molar-refractivity contribution in [1.29, 1.82) is 0 Å². The molecule has 0 spiro atoms. The van der Waals surface area contributed by atoms with E-state index in [-0.39, 0.29) is 5.82 Å². The van der Waals surface area contributed by atoms with Gasteiger partial charge in [0, 0.05) is 20.6 Å². The molecule has 0 saturated carbocycles. The third-order valence-electron chi connectivity index (χ3n) is 3.45. The average molecular weight is 304 g/mol. The number of nitrogens with zero attached hydrogens (tertiary/aromatic N) is 4. The van der Waals surface area contributed by atoms with Gasteiger partial charge in [0.1, 0.15) is 13.2 Å². The van der Waals surface area contributed by atoms with Gasteiger partial charge in [-0.2, -0.15) is 0 Å². The summed E-state index contributed by atoms with van der Waals surface area (Å²) in [5, 5.41) is 11.1. The predicted molar refractivity (Wildman–Crippen MR) is 79.4 cm³/mol. The van der Waals surface area contributed by atoms with Crippen molar-refractivity contribution in [2.45, 2.75) is 6.54 Å². The number of hydrogen-bond donors (Lipinski definition) is 0. The fourth-order valence-electron chi connectivity index (χ4n) is 2.52. The van der Waals surface area contributed by atoms with Crippen molar-refractivity contribution in [3.63, 3.8) is 0 Å². The van der Waals surface area contributed by atoms with E-state index in [1.165, 1.54) is 6.33 Å². The molecule has 8 heteroatoms. The summed E-state index contributed by atoms with van der Waals surface area (Å²) < 4.78 is 12.7. The third kappa shape index (κ3) is 2.54. The normalized spacial score (nSPS) is 13.0. The maximum atomic E-state index is 11.1. The first-order chi connectivity index (χ1) is 10.6. The van der Waals surface area contributed by atoms with Crippen molar-refractivity contribution in [3.05, 3.63) is 40.2 Å². The number of rotatable bonds is 4. The maximum absolute atomic E-state index is 11.1. The highest BCUT2D eigenvalue weighted by molar-refractivity contribution is 5.55. The second kappa shape index (κ2) is 5.55. The first-order valence-electron chi connectivity index (χ1n) is 6.81. The molecular weight excluding hydrogens is 288 g/mol. The Labute approximate surface area is 127 Å². The van der Waals surface area contributed by atoms with Crippen LogP contribution in [0.15, 0.2) is 24.5 Å². The van der Waals surface area contributed by atoms with Gasteiger partial charge in [0.15, 0.2) is 11.5 Å². The van der Waals surface area contributed by atoms with Crippen molar-refractivity contribution in [1.82, 2.24) is 9.55 Å². The Kier molecular flexibility index (Phi) is 3.58. The van der Waals surface area contributed by atoms with E-state index in [1.807, 2.05) is 18.2 Å². The largest absolute Gasteiger partial charge is 0.486 e. The molecular formula is C14H16N4O4. The average Bonchev–Trinajstić information content (AvgIpc) is 2.89. The number of imidazole rings is 1. The smallest absolute Gasteiger partial charge is 0.406 e. The number of aromatic nitrogens is 2. The fourth-order valence-corrected chi connectivity index (χ4v) is 2.52. The quantitative estimate of drug-likeness (QED) is 0.632. The lowest BCUT2D eigenvalue weighted by Gasteiger charge is -2.21. The van der Waals surface area contributed by atoms with Crippen molar-refractivity contribution < 1.29 is 14.4 Å². The summed E-state index contributed by atoms with van der Waals surface area (Å²) in [5.74, 6) is 1.74. The standard InChI is InChI=1S/C14H16N4O4/c1-16(14-13(18(19)20)15-9-17(14)2)8-10-3-4-11-12(7-10)22-6-5-21-11/h3-4,7,9H,5-6,8H2,1-2H3. The van der Waals surface area contributed by atoms with E-state index in [4.69, 9.17) is 9.47 Å². The van der Waals surface area contributed by atoms with Crippen molar-refractivity contribution in [2.75, 3.05) is 25.2 Å². The Morgan fingerprint density at radius 2 is 2.09 bits per heavy atom. The molecule has 3 rings (SSSR count). The highest BCUT2D eigenvalue weighted by Gasteiger charge is 2.23. The van der Waals surface area contributed by atoms with Crippen LogP contribution in [0.3, 0.4) is 0 Å². The van der Waals surface area contributed by atoms with E-state index in [9.17, 15) is 10.1 Å². The summed E-state index contributed by atoms with van der Waals surface area (Å²) in [6, 6.07) is 5.68. The molecule has 2 heterocycles. The molecule has 0 amide bonds. The summed E-state index contributed by atoms with van der Waals surface area (Å²) in [7, 11) is 3.52. The van der Waals surface area contributed by atoms with E-state index in [2.05, 4.69) is 4.98 Å². The van der Waals surface area contributed by atoms with Gasteiger partial charge in [0.25, 0.3) is 0 Å². The zero-order chi connectivity index (χ0) is 15.7. The van der Waals surface area contributed by atoms with Gasteiger partial charge in [-0.05, 0) is 27.6 Å². The van der Waals surface area contributed by atoms with E-state index >= 15 is 0 Å². The van der Waals surface area contributed by atoms with Crippen LogP contribution in [0.4, 0.5) is 11.6 Å². The van der Waals surface area contributed by atoms with Gasteiger partial charge in [-0.25, -0.2) is 0 Å². The molecule has 0 atom stereocenters. The number of benzene rings is 1. The van der Waals surface area contributed by atoms with Crippen LogP contribution in [0.5, 0.6) is 11.5 Å². The van der Waals surface area contributed by atoms with Crippen molar-refractivity contribution in [2.24, 2.45) is 7.05 Å². The van der Waals surface area contributed by atoms with Gasteiger partial charge in [-0.1, -0.05) is 6.07 Å². The molecule has 1 aliphatic rings. The second-order valence-corrected chi connectivity index (χ2v) is 5.09. The molecule has 2 aromatic rings. The van der Waals surface area contributed by atoms with Gasteiger partial charge in [0.05, 0.1) is 0 Å². The lowest BCUT2D eigenvalue weighted by molar-refractivity contribution is -0.388. The molecule has 1 aromatic carbocycles. The van der Waals surface area contributed by atoms with Gasteiger partial charge in [-0.15, -0.1) is 0 Å². The monoisotopic (exact) mass is 304 g/mol. The van der Waals surface area contributed by atoms with Crippen LogP contribution < -0.4 is 14.4 Å². The highest BCUT2D eigenvalue weighted by atomic mass is 16.6. The Balaban J connectivity index is 1.84. The second-order valence-electron chi connectivity index (χ2n) is 5.09. The summed E-state index contributed by atoms with van der Waals surface area (Å²) in [6.07, 6.45) is 1.44. The van der Waals surface area contributed by atoms with Gasteiger partial charge >= 0.3 is 5.82 Å². The van der Waals surface area contributed by atoms with E-state index in [0.717, 1.165) is 11.3 Å². The number of nitro groups is 1. The number of anilines is 1. The lowest BCUT2D eigenvalue weighted by atomic mass is 10.2. The first kappa shape index (κ1) is 14.2. The van der Waals surface area contributed by atoms with Crippen molar-refractivity contribution >= 4 is 11.6 Å². The fraction of sp³-hybridized carbons (Fsp3) is 0.357. The molecule has 0 bridgehead atoms. The first-order valence-corrected chi connectivity index (χ1v) is 6.81. The number of fused-ring (bicyclic) bond motifs is 1. The lowest BCUT2D eigenvalue weighted by Crippen LogP contribution is -2.20. The van der Waals surface area contributed by atoms with E-state index in [1.54, 1.807) is 23.6 Å². The summed E-state index contributed by atoms with van der Waals surface area (Å²) in [6.45, 7) is 1.57. The molecule has 1 aromatic heterocycles. The Morgan fingerprint density at radius 3 is 2.82 bits per heavy atom. The molecule has 0 saturated heterocycles. The number of hydrogen-bond acceptors (Lipinski definition) is 6. The van der Waals surface area contributed by atoms with Crippen LogP contribution in [0.1, 0.15) is 5.56 Å². The zero-order valence-electron chi connectivity index (χ0n) is 12.4. The zero-order valence-corrected chi connectivity index (χ0v) is 12.4. The minimum absolute atomic E-state index is 0.150. The molecule has 0 unspecified atom stereocenters. The van der Waals surface area contributed by atoms with Crippen molar-refractivity contribution in [3.8, 4) is 11.5 Å². The Hall–Kier alpha value is -2.77. The van der Waals surface area contributed by atoms with Gasteiger partial charge in [0.2, 0.25) is 12.1 Å². The summed E-state index contributed by atoms with van der Waals surface area (Å²) in [5.41, 5.74) is 0.974. The molecule has 22 heavy (non-hydrogen) atoms. The van der Waals surface area contributed by atoms with Crippen LogP contribution in [0.25, 0.3) is 0 Å². The van der Waals surface area contributed by atoms with Crippen LogP contribution in [0.2, 0.25) is 0 Å². The van der Waals surface area contributed by atoms with Crippen LogP contribution >= 0.6 is 0 Å². The predicted octanol–water partition coefficient (Wildman–Crippen LogP) is 1.74. The Morgan fingerprint density at radius 1 is 1.36 bits per heavy atom. The SMILES string of the molecule is CN(Cc1ccc2c(c1)OCCO2)c1c([N+](=O)[O-])ncn1C. The molecule has 0 radical (unpaired) electrons. The van der Waals surface area contributed by atoms with Crippen LogP contribution in [-0.4, -0.2) is 34.7 Å². The van der Waals surface area contributed by atoms with E-state index in [0.29, 0.717) is 31.3 Å². The molecule has 0 fully saturated rings. The molecule has 116 valence electrons. The maximum Gasteiger partial charge on any atom is 0.406 e. The van der Waals surface area contributed by atoms with Crippen LogP contribution in [0, 0.1) is 10.1 Å².